The molecule has 0 aliphatic rings. The van der Waals surface area contributed by atoms with Crippen LogP contribution in [0.2, 0.25) is 0 Å². The number of carbonyl (C=O) groups excluding carboxylic acids is 2. The number of hydrazine groups is 1. The third-order valence-electron chi connectivity index (χ3n) is 3.74. The number of hydrogen-bond acceptors (Lipinski definition) is 7. The molecule has 0 spiro atoms. The van der Waals surface area contributed by atoms with E-state index in [0.717, 1.165) is 11.1 Å². The normalized spacial score (nSPS) is 12.1. The Balaban J connectivity index is 1.78. The maximum absolute atomic E-state index is 12.2. The number of hydrogen-bond donors (Lipinski definition) is 3. The van der Waals surface area contributed by atoms with Gasteiger partial charge >= 0.3 is 0 Å². The number of ether oxygens (including phenoxy) is 2. The highest BCUT2D eigenvalue weighted by Crippen LogP contribution is 2.19. The zero-order valence-corrected chi connectivity index (χ0v) is 18.6. The molecule has 164 valence electrons. The van der Waals surface area contributed by atoms with Crippen molar-refractivity contribution in [2.24, 2.45) is 0 Å². The third-order valence-corrected chi connectivity index (χ3v) is 5.61. The standard InChI is InChI=1S/C19H25N3O6S2/c1-4-27-14-5-7-15(8-6-14)28-13(2)18(23)21-22-19(24)17-10-9-16(29-17)11-12-20-30(3,25)26/h5-10,13,20H,4,11-12H2,1-3H3,(H,21,23)(H,22,24)/t13-/m0/s1. The predicted molar refractivity (Wildman–Crippen MR) is 114 cm³/mol. The first-order chi connectivity index (χ1) is 14.2. The topological polar surface area (TPSA) is 123 Å². The zero-order chi connectivity index (χ0) is 22.1. The Morgan fingerprint density at radius 1 is 1.07 bits per heavy atom. The summed E-state index contributed by atoms with van der Waals surface area (Å²) in [6.45, 7) is 4.26. The van der Waals surface area contributed by atoms with E-state index in [2.05, 4.69) is 15.6 Å². The second kappa shape index (κ2) is 11.0. The van der Waals surface area contributed by atoms with Gasteiger partial charge in [0, 0.05) is 11.4 Å². The lowest BCUT2D eigenvalue weighted by Crippen LogP contribution is -2.47. The van der Waals surface area contributed by atoms with Crippen LogP contribution < -0.4 is 25.0 Å². The summed E-state index contributed by atoms with van der Waals surface area (Å²) in [6, 6.07) is 10.2. The van der Waals surface area contributed by atoms with Gasteiger partial charge in [-0.2, -0.15) is 0 Å². The Labute approximate surface area is 179 Å². The van der Waals surface area contributed by atoms with Crippen molar-refractivity contribution in [3.05, 3.63) is 46.2 Å². The average Bonchev–Trinajstić information content (AvgIpc) is 3.15. The minimum atomic E-state index is -3.25. The van der Waals surface area contributed by atoms with Crippen molar-refractivity contribution in [1.29, 1.82) is 0 Å². The van der Waals surface area contributed by atoms with Crippen molar-refractivity contribution >= 4 is 33.2 Å². The minimum Gasteiger partial charge on any atom is -0.494 e. The van der Waals surface area contributed by atoms with Gasteiger partial charge in [-0.05, 0) is 56.7 Å². The van der Waals surface area contributed by atoms with Gasteiger partial charge in [0.1, 0.15) is 11.5 Å². The lowest BCUT2D eigenvalue weighted by molar-refractivity contribution is -0.128. The van der Waals surface area contributed by atoms with Crippen LogP contribution in [0.5, 0.6) is 11.5 Å². The molecular formula is C19H25N3O6S2. The average molecular weight is 456 g/mol. The van der Waals surface area contributed by atoms with Crippen LogP contribution in [0.1, 0.15) is 28.4 Å². The summed E-state index contributed by atoms with van der Waals surface area (Å²) in [6.07, 6.45) is 0.720. The molecule has 0 unspecified atom stereocenters. The molecule has 0 aliphatic heterocycles. The van der Waals surface area contributed by atoms with Crippen LogP contribution in [0.4, 0.5) is 0 Å². The molecule has 1 aromatic carbocycles. The molecule has 0 saturated carbocycles. The Hall–Kier alpha value is -2.63. The lowest BCUT2D eigenvalue weighted by atomic mass is 10.3. The summed E-state index contributed by atoms with van der Waals surface area (Å²) in [5.41, 5.74) is 4.68. The maximum atomic E-state index is 12.2. The fraction of sp³-hybridized carbons (Fsp3) is 0.368. The summed E-state index contributed by atoms with van der Waals surface area (Å²) < 4.78 is 35.4. The van der Waals surface area contributed by atoms with Crippen molar-refractivity contribution in [3.63, 3.8) is 0 Å². The van der Waals surface area contributed by atoms with E-state index in [1.165, 1.54) is 11.3 Å². The molecule has 3 N–H and O–H groups in total. The van der Waals surface area contributed by atoms with E-state index in [9.17, 15) is 18.0 Å². The number of carbonyl (C=O) groups is 2. The van der Waals surface area contributed by atoms with Crippen molar-refractivity contribution < 1.29 is 27.5 Å². The molecule has 30 heavy (non-hydrogen) atoms. The van der Waals surface area contributed by atoms with E-state index in [4.69, 9.17) is 9.47 Å². The lowest BCUT2D eigenvalue weighted by Gasteiger charge is -2.15. The van der Waals surface area contributed by atoms with E-state index in [1.54, 1.807) is 43.3 Å². The smallest absolute Gasteiger partial charge is 0.279 e. The van der Waals surface area contributed by atoms with Crippen LogP contribution in [0.3, 0.4) is 0 Å². The first-order valence-corrected chi connectivity index (χ1v) is 11.9. The van der Waals surface area contributed by atoms with Gasteiger partial charge in [0.25, 0.3) is 11.8 Å². The highest BCUT2D eigenvalue weighted by molar-refractivity contribution is 7.88. The Morgan fingerprint density at radius 2 is 1.73 bits per heavy atom. The van der Waals surface area contributed by atoms with E-state index in [1.807, 2.05) is 6.92 Å². The molecule has 2 aromatic rings. The Bertz CT molecular complexity index is 957. The molecule has 0 aliphatic carbocycles. The molecular weight excluding hydrogens is 430 g/mol. The quantitative estimate of drug-likeness (QED) is 0.466. The van der Waals surface area contributed by atoms with Crippen LogP contribution in [0.25, 0.3) is 0 Å². The van der Waals surface area contributed by atoms with E-state index in [-0.39, 0.29) is 6.54 Å². The molecule has 1 heterocycles. The first-order valence-electron chi connectivity index (χ1n) is 9.21. The summed E-state index contributed by atoms with van der Waals surface area (Å²) in [7, 11) is -3.25. The van der Waals surface area contributed by atoms with E-state index < -0.39 is 27.9 Å². The Kier molecular flexibility index (Phi) is 8.63. The highest BCUT2D eigenvalue weighted by atomic mass is 32.2. The summed E-state index contributed by atoms with van der Waals surface area (Å²) in [5, 5.41) is 0. The van der Waals surface area contributed by atoms with Gasteiger partial charge in [-0.15, -0.1) is 11.3 Å². The van der Waals surface area contributed by atoms with Crippen molar-refractivity contribution in [2.75, 3.05) is 19.4 Å². The third kappa shape index (κ3) is 8.01. The molecule has 2 rings (SSSR count). The molecule has 0 radical (unpaired) electrons. The number of nitrogens with one attached hydrogen (secondary N) is 3. The summed E-state index contributed by atoms with van der Waals surface area (Å²) >= 11 is 1.22. The molecule has 0 bridgehead atoms. The number of rotatable bonds is 10. The molecule has 0 fully saturated rings. The molecule has 1 atom stereocenters. The van der Waals surface area contributed by atoms with Gasteiger partial charge in [-0.25, -0.2) is 13.1 Å². The van der Waals surface area contributed by atoms with Crippen LogP contribution in [-0.4, -0.2) is 45.7 Å². The van der Waals surface area contributed by atoms with Crippen molar-refractivity contribution in [3.8, 4) is 11.5 Å². The van der Waals surface area contributed by atoms with Gasteiger partial charge in [-0.1, -0.05) is 0 Å². The predicted octanol–water partition coefficient (Wildman–Crippen LogP) is 1.47. The Morgan fingerprint density at radius 3 is 2.37 bits per heavy atom. The second-order valence-corrected chi connectivity index (χ2v) is 9.29. The van der Waals surface area contributed by atoms with Gasteiger partial charge in [0.2, 0.25) is 10.0 Å². The van der Waals surface area contributed by atoms with Crippen LogP contribution in [0.15, 0.2) is 36.4 Å². The van der Waals surface area contributed by atoms with E-state index in [0.29, 0.717) is 29.4 Å². The van der Waals surface area contributed by atoms with Gasteiger partial charge < -0.3 is 9.47 Å². The SMILES string of the molecule is CCOc1ccc(O[C@@H](C)C(=O)NNC(=O)c2ccc(CCNS(C)(=O)=O)s2)cc1. The summed E-state index contributed by atoms with van der Waals surface area (Å²) in [5.74, 6) is 0.227. The largest absolute Gasteiger partial charge is 0.494 e. The maximum Gasteiger partial charge on any atom is 0.279 e. The van der Waals surface area contributed by atoms with Crippen molar-refractivity contribution in [1.82, 2.24) is 15.6 Å². The van der Waals surface area contributed by atoms with Gasteiger partial charge in [-0.3, -0.25) is 20.4 Å². The van der Waals surface area contributed by atoms with Crippen LogP contribution in [0, 0.1) is 0 Å². The van der Waals surface area contributed by atoms with Gasteiger partial charge in [0.15, 0.2) is 6.10 Å². The molecule has 2 amide bonds. The minimum absolute atomic E-state index is 0.248. The van der Waals surface area contributed by atoms with Crippen molar-refractivity contribution in [2.45, 2.75) is 26.4 Å². The fourth-order valence-electron chi connectivity index (χ4n) is 2.31. The highest BCUT2D eigenvalue weighted by Gasteiger charge is 2.17. The molecule has 11 heteroatoms. The number of thiophene rings is 1. The zero-order valence-electron chi connectivity index (χ0n) is 16.9. The van der Waals surface area contributed by atoms with Crippen LogP contribution >= 0.6 is 11.3 Å². The molecule has 9 nitrogen and oxygen atoms in total. The van der Waals surface area contributed by atoms with E-state index >= 15 is 0 Å². The second-order valence-electron chi connectivity index (χ2n) is 6.29. The first kappa shape index (κ1) is 23.6. The fourth-order valence-corrected chi connectivity index (χ4v) is 3.69. The number of amides is 2. The van der Waals surface area contributed by atoms with Crippen LogP contribution in [-0.2, 0) is 21.2 Å². The van der Waals surface area contributed by atoms with Gasteiger partial charge in [0.05, 0.1) is 17.7 Å². The molecule has 0 saturated heterocycles. The summed E-state index contributed by atoms with van der Waals surface area (Å²) in [4.78, 5) is 25.6. The number of benzene rings is 1. The monoisotopic (exact) mass is 455 g/mol. The number of sulfonamides is 1. The molecule has 1 aromatic heterocycles.